The van der Waals surface area contributed by atoms with Crippen molar-refractivity contribution >= 4 is 0 Å². The van der Waals surface area contributed by atoms with Gasteiger partial charge in [-0.2, -0.15) is 0 Å². The van der Waals surface area contributed by atoms with Crippen molar-refractivity contribution < 1.29 is 25.7 Å². The van der Waals surface area contributed by atoms with Gasteiger partial charge < -0.3 is 0 Å². The van der Waals surface area contributed by atoms with Crippen molar-refractivity contribution in [1.29, 1.82) is 0 Å². The van der Waals surface area contributed by atoms with Gasteiger partial charge in [-0.05, 0) is 25.2 Å². The van der Waals surface area contributed by atoms with E-state index in [1.54, 1.807) is 0 Å². The normalized spacial score (nSPS) is 20.9. The molecule has 1 rings (SSSR count). The molecule has 0 bridgehead atoms. The van der Waals surface area contributed by atoms with Gasteiger partial charge in [-0.1, -0.05) is 18.2 Å². The Morgan fingerprint density at radius 1 is 1.45 bits per heavy atom. The van der Waals surface area contributed by atoms with Gasteiger partial charge in [-0.25, -0.2) is 0 Å². The van der Waals surface area contributed by atoms with Crippen LogP contribution >= 0.6 is 0 Å². The van der Waals surface area contributed by atoms with Gasteiger partial charge in [-0.3, -0.25) is 0 Å². The molecule has 0 radical (unpaired) electrons. The molecule has 1 aliphatic rings. The van der Waals surface area contributed by atoms with Crippen LogP contribution in [0.4, 0.5) is 0 Å². The van der Waals surface area contributed by atoms with Gasteiger partial charge in [0.1, 0.15) is 0 Å². The Hall–Kier alpha value is -0.206. The van der Waals surface area contributed by atoms with Crippen LogP contribution in [0.3, 0.4) is 0 Å². The average molecular weight is 188 g/mol. The van der Waals surface area contributed by atoms with Crippen LogP contribution in [0.5, 0.6) is 0 Å². The molecule has 0 aromatic carbocycles. The van der Waals surface area contributed by atoms with Crippen molar-refractivity contribution in [3.05, 3.63) is 24.8 Å². The second-order valence-corrected chi connectivity index (χ2v) is 2.62. The van der Waals surface area contributed by atoms with E-state index in [-0.39, 0.29) is 0 Å². The molecule has 0 spiro atoms. The zero-order chi connectivity index (χ0) is 8.53. The van der Waals surface area contributed by atoms with E-state index in [1.807, 2.05) is 0 Å². The van der Waals surface area contributed by atoms with Crippen LogP contribution in [0.1, 0.15) is 19.3 Å². The van der Waals surface area contributed by atoms with E-state index in [0.717, 1.165) is 5.92 Å². The van der Waals surface area contributed by atoms with Crippen molar-refractivity contribution in [3.63, 3.8) is 0 Å². The first kappa shape index (κ1) is 10.8. The summed E-state index contributed by atoms with van der Waals surface area (Å²) in [7, 11) is 0. The van der Waals surface area contributed by atoms with E-state index < -0.39 is 19.1 Å². The van der Waals surface area contributed by atoms with Crippen LogP contribution in [-0.4, -0.2) is 0 Å². The summed E-state index contributed by atoms with van der Waals surface area (Å²) in [6.45, 7) is 3.75. The summed E-state index contributed by atoms with van der Waals surface area (Å²) < 4.78 is 17.0. The molecular formula is C8H12O2Ti. The van der Waals surface area contributed by atoms with Crippen LogP contribution in [0.2, 0.25) is 0 Å². The first-order valence-corrected chi connectivity index (χ1v) is 4.89. The van der Waals surface area contributed by atoms with Gasteiger partial charge in [0.2, 0.25) is 0 Å². The van der Waals surface area contributed by atoms with Crippen LogP contribution in [-0.2, 0) is 25.7 Å². The van der Waals surface area contributed by atoms with Gasteiger partial charge in [0, 0.05) is 0 Å². The van der Waals surface area contributed by atoms with Crippen molar-refractivity contribution in [2.24, 2.45) is 5.92 Å². The number of hydrogen-bond donors (Lipinski definition) is 0. The van der Waals surface area contributed by atoms with E-state index in [9.17, 15) is 0 Å². The molecule has 0 saturated heterocycles. The van der Waals surface area contributed by atoms with Gasteiger partial charge in [0.15, 0.2) is 0 Å². The molecule has 0 heterocycles. The van der Waals surface area contributed by atoms with Crippen LogP contribution in [0, 0.1) is 5.92 Å². The zero-order valence-electron chi connectivity index (χ0n) is 6.45. The van der Waals surface area contributed by atoms with Gasteiger partial charge in [-0.15, -0.1) is 6.58 Å². The maximum atomic E-state index is 8.50. The van der Waals surface area contributed by atoms with E-state index in [4.69, 9.17) is 6.65 Å². The summed E-state index contributed by atoms with van der Waals surface area (Å²) in [5.74, 6) is 0.764. The van der Waals surface area contributed by atoms with Crippen LogP contribution in [0.25, 0.3) is 0 Å². The first-order valence-electron chi connectivity index (χ1n) is 3.62. The predicted octanol–water partition coefficient (Wildman–Crippen LogP) is 2.29. The molecule has 0 fully saturated rings. The second-order valence-electron chi connectivity index (χ2n) is 2.36. The van der Waals surface area contributed by atoms with Crippen molar-refractivity contribution in [3.8, 4) is 0 Å². The fourth-order valence-electron chi connectivity index (χ4n) is 1.03. The van der Waals surface area contributed by atoms with E-state index in [0.29, 0.717) is 0 Å². The Morgan fingerprint density at radius 3 is 2.36 bits per heavy atom. The molecule has 3 heteroatoms. The summed E-state index contributed by atoms with van der Waals surface area (Å²) in [6, 6.07) is 0. The van der Waals surface area contributed by atoms with E-state index in [1.165, 1.54) is 19.3 Å². The third kappa shape index (κ3) is 6.20. The van der Waals surface area contributed by atoms with Crippen LogP contribution < -0.4 is 0 Å². The number of hydrogen-bond acceptors (Lipinski definition) is 2. The van der Waals surface area contributed by atoms with Crippen molar-refractivity contribution in [1.82, 2.24) is 0 Å². The molecular weight excluding hydrogens is 176 g/mol. The molecule has 2 nitrogen and oxygen atoms in total. The number of rotatable bonds is 1. The number of allylic oxidation sites excluding steroid dienone is 3. The van der Waals surface area contributed by atoms with Gasteiger partial charge in [0.05, 0.1) is 0 Å². The summed E-state index contributed by atoms with van der Waals surface area (Å²) in [5.41, 5.74) is 0. The molecule has 11 heavy (non-hydrogen) atoms. The monoisotopic (exact) mass is 188 g/mol. The van der Waals surface area contributed by atoms with E-state index in [2.05, 4.69) is 24.8 Å². The fourth-order valence-corrected chi connectivity index (χ4v) is 1.03. The third-order valence-corrected chi connectivity index (χ3v) is 1.64. The second kappa shape index (κ2) is 7.90. The molecule has 0 aliphatic heterocycles. The van der Waals surface area contributed by atoms with Gasteiger partial charge >= 0.3 is 25.7 Å². The molecule has 1 unspecified atom stereocenters. The molecule has 0 aromatic heterocycles. The first-order chi connectivity index (χ1) is 5.35. The SMILES string of the molecule is C=CC1CC=CCC1.[O]=[Ti]=[O]. The Bertz CT molecular complexity index is 169. The summed E-state index contributed by atoms with van der Waals surface area (Å²) in [5, 5.41) is 0. The van der Waals surface area contributed by atoms with Crippen molar-refractivity contribution in [2.45, 2.75) is 19.3 Å². The molecule has 60 valence electrons. The minimum absolute atomic E-state index is 0.764. The summed E-state index contributed by atoms with van der Waals surface area (Å²) >= 11 is -2.00. The Balaban J connectivity index is 0.000000292. The summed E-state index contributed by atoms with van der Waals surface area (Å²) in [6.07, 6.45) is 10.3. The van der Waals surface area contributed by atoms with Gasteiger partial charge in [0.25, 0.3) is 0 Å². The average Bonchev–Trinajstić information content (AvgIpc) is 2.08. The summed E-state index contributed by atoms with van der Waals surface area (Å²) in [4.78, 5) is 0. The molecule has 1 atom stereocenters. The van der Waals surface area contributed by atoms with E-state index >= 15 is 0 Å². The topological polar surface area (TPSA) is 34.1 Å². The fraction of sp³-hybridized carbons (Fsp3) is 0.500. The quantitative estimate of drug-likeness (QED) is 0.467. The Morgan fingerprint density at radius 2 is 2.09 bits per heavy atom. The molecule has 1 aliphatic carbocycles. The molecule has 0 amide bonds. The predicted molar refractivity (Wildman–Crippen MR) is 38.1 cm³/mol. The standard InChI is InChI=1S/C8H12.2O.Ti/c1-2-8-6-4-3-5-7-8;;;/h2-4,8H,1,5-7H2;;;. The Labute approximate surface area is 75.9 Å². The molecule has 0 saturated carbocycles. The minimum atomic E-state index is -2.00. The Kier molecular flexibility index (Phi) is 7.75. The molecule has 0 aromatic rings. The third-order valence-electron chi connectivity index (χ3n) is 1.64. The van der Waals surface area contributed by atoms with Crippen molar-refractivity contribution in [2.75, 3.05) is 0 Å². The zero-order valence-corrected chi connectivity index (χ0v) is 8.02. The molecule has 0 N–H and O–H groups in total. The van der Waals surface area contributed by atoms with Crippen LogP contribution in [0.15, 0.2) is 24.8 Å². The maximum absolute atomic E-state index is 8.50.